The van der Waals surface area contributed by atoms with Gasteiger partial charge in [0.25, 0.3) is 5.91 Å². The molecule has 0 unspecified atom stereocenters. The molecule has 21 heavy (non-hydrogen) atoms. The first-order chi connectivity index (χ1) is 9.88. The van der Waals surface area contributed by atoms with Gasteiger partial charge in [-0.15, -0.1) is 0 Å². The number of aromatic nitrogens is 2. The highest BCUT2D eigenvalue weighted by Crippen LogP contribution is 2.43. The highest BCUT2D eigenvalue weighted by atomic mass is 79.9. The Hall–Kier alpha value is -0.930. The maximum absolute atomic E-state index is 12.5. The molecule has 1 saturated carbocycles. The normalized spacial score (nSPS) is 20.8. The number of hydrogen-bond acceptors (Lipinski definition) is 4. The Kier molecular flexibility index (Phi) is 3.83. The van der Waals surface area contributed by atoms with Gasteiger partial charge in [0.05, 0.1) is 16.4 Å². The van der Waals surface area contributed by atoms with Gasteiger partial charge in [-0.1, -0.05) is 0 Å². The molecule has 0 bridgehead atoms. The second kappa shape index (κ2) is 5.36. The number of sulfonamides is 1. The minimum atomic E-state index is -3.18. The maximum atomic E-state index is 12.5. The van der Waals surface area contributed by atoms with Crippen molar-refractivity contribution < 1.29 is 13.2 Å². The van der Waals surface area contributed by atoms with E-state index in [4.69, 9.17) is 0 Å². The lowest BCUT2D eigenvalue weighted by atomic mass is 10.2. The number of hydrogen-bond donors (Lipinski definition) is 1. The number of carbonyl (C=O) groups excluding carboxylic acids is 1. The Morgan fingerprint density at radius 3 is 2.43 bits per heavy atom. The van der Waals surface area contributed by atoms with Gasteiger partial charge >= 0.3 is 0 Å². The Balaban J connectivity index is 1.69. The summed E-state index contributed by atoms with van der Waals surface area (Å²) < 4.78 is 25.1. The number of rotatable bonds is 3. The van der Waals surface area contributed by atoms with Crippen molar-refractivity contribution in [3.8, 4) is 0 Å². The third-order valence-electron chi connectivity index (χ3n) is 3.92. The van der Waals surface area contributed by atoms with Crippen molar-refractivity contribution in [2.45, 2.75) is 18.8 Å². The highest BCUT2D eigenvalue weighted by molar-refractivity contribution is 9.10. The number of H-pyrrole nitrogens is 1. The van der Waals surface area contributed by atoms with Crippen molar-refractivity contribution in [1.82, 2.24) is 19.4 Å². The Morgan fingerprint density at radius 2 is 1.90 bits per heavy atom. The van der Waals surface area contributed by atoms with Gasteiger partial charge in [0.2, 0.25) is 10.0 Å². The number of piperazine rings is 1. The Bertz CT molecular complexity index is 660. The van der Waals surface area contributed by atoms with Gasteiger partial charge in [-0.2, -0.15) is 9.40 Å². The van der Waals surface area contributed by atoms with Crippen LogP contribution in [0.5, 0.6) is 0 Å². The number of nitrogens with one attached hydrogen (secondary N) is 1. The van der Waals surface area contributed by atoms with E-state index in [1.165, 1.54) is 10.6 Å². The number of aromatic amines is 1. The first-order valence-corrected chi connectivity index (χ1v) is 9.50. The lowest BCUT2D eigenvalue weighted by Gasteiger charge is -2.32. The van der Waals surface area contributed by atoms with Crippen LogP contribution in [0.25, 0.3) is 0 Å². The van der Waals surface area contributed by atoms with Crippen molar-refractivity contribution in [2.75, 3.05) is 32.4 Å². The van der Waals surface area contributed by atoms with Gasteiger partial charge in [-0.3, -0.25) is 9.89 Å². The van der Waals surface area contributed by atoms with Crippen LogP contribution in [0.1, 0.15) is 34.9 Å². The largest absolute Gasteiger partial charge is 0.335 e. The van der Waals surface area contributed by atoms with Gasteiger partial charge in [-0.05, 0) is 28.8 Å². The molecular weight excluding hydrogens is 360 g/mol. The van der Waals surface area contributed by atoms with Gasteiger partial charge in [-0.25, -0.2) is 8.42 Å². The molecule has 1 aliphatic carbocycles. The summed E-state index contributed by atoms with van der Waals surface area (Å²) >= 11 is 3.46. The van der Waals surface area contributed by atoms with E-state index in [0.717, 1.165) is 23.0 Å². The first-order valence-electron chi connectivity index (χ1n) is 6.86. The van der Waals surface area contributed by atoms with E-state index in [-0.39, 0.29) is 5.91 Å². The van der Waals surface area contributed by atoms with Crippen LogP contribution in [-0.2, 0) is 10.0 Å². The standard InChI is InChI=1S/C12H17BrN4O3S/c1-21(19,20)17-6-4-16(5-7-17)12(18)11-9(13)10(14-15-11)8-2-3-8/h8H,2-7H2,1H3,(H,14,15). The average Bonchev–Trinajstić information content (AvgIpc) is 3.21. The molecule has 0 radical (unpaired) electrons. The summed E-state index contributed by atoms with van der Waals surface area (Å²) in [4.78, 5) is 14.1. The second-order valence-electron chi connectivity index (χ2n) is 5.53. The molecule has 9 heteroatoms. The number of amides is 1. The van der Waals surface area contributed by atoms with E-state index in [9.17, 15) is 13.2 Å². The minimum absolute atomic E-state index is 0.154. The third-order valence-corrected chi connectivity index (χ3v) is 6.02. The van der Waals surface area contributed by atoms with Crippen molar-refractivity contribution in [3.05, 3.63) is 15.9 Å². The van der Waals surface area contributed by atoms with E-state index in [1.807, 2.05) is 0 Å². The molecular formula is C12H17BrN4O3S. The molecule has 0 atom stereocenters. The number of carbonyl (C=O) groups is 1. The number of halogens is 1. The fraction of sp³-hybridized carbons (Fsp3) is 0.667. The van der Waals surface area contributed by atoms with Crippen molar-refractivity contribution >= 4 is 31.9 Å². The molecule has 116 valence electrons. The molecule has 1 aromatic rings. The lowest BCUT2D eigenvalue weighted by molar-refractivity contribution is 0.0691. The SMILES string of the molecule is CS(=O)(=O)N1CCN(C(=O)c2n[nH]c(C3CC3)c2Br)CC1. The van der Waals surface area contributed by atoms with Crippen molar-refractivity contribution in [1.29, 1.82) is 0 Å². The van der Waals surface area contributed by atoms with E-state index >= 15 is 0 Å². The summed E-state index contributed by atoms with van der Waals surface area (Å²) in [7, 11) is -3.18. The predicted octanol–water partition coefficient (Wildman–Crippen LogP) is 0.767. The lowest BCUT2D eigenvalue weighted by Crippen LogP contribution is -2.50. The highest BCUT2D eigenvalue weighted by Gasteiger charge is 2.33. The smallest absolute Gasteiger partial charge is 0.275 e. The van der Waals surface area contributed by atoms with Gasteiger partial charge in [0.15, 0.2) is 5.69 Å². The molecule has 1 N–H and O–H groups in total. The fourth-order valence-electron chi connectivity index (χ4n) is 2.50. The zero-order valence-corrected chi connectivity index (χ0v) is 14.1. The monoisotopic (exact) mass is 376 g/mol. The van der Waals surface area contributed by atoms with Gasteiger partial charge in [0.1, 0.15) is 0 Å². The molecule has 2 aliphatic rings. The van der Waals surface area contributed by atoms with Crippen molar-refractivity contribution in [2.24, 2.45) is 0 Å². The number of nitrogens with zero attached hydrogens (tertiary/aromatic N) is 3. The first kappa shape index (κ1) is 15.0. The van der Waals surface area contributed by atoms with E-state index in [1.54, 1.807) is 4.90 Å². The molecule has 0 aromatic carbocycles. The minimum Gasteiger partial charge on any atom is -0.335 e. The van der Waals surface area contributed by atoms with Crippen LogP contribution in [0.2, 0.25) is 0 Å². The summed E-state index contributed by atoms with van der Waals surface area (Å²) in [6, 6.07) is 0. The Morgan fingerprint density at radius 1 is 1.29 bits per heavy atom. The summed E-state index contributed by atoms with van der Waals surface area (Å²) in [5.74, 6) is 0.327. The van der Waals surface area contributed by atoms with Gasteiger partial charge in [0, 0.05) is 32.1 Å². The van der Waals surface area contributed by atoms with Crippen LogP contribution in [0.15, 0.2) is 4.47 Å². The molecule has 1 aromatic heterocycles. The molecule has 1 saturated heterocycles. The van der Waals surface area contributed by atoms with Crippen LogP contribution in [-0.4, -0.2) is 66.2 Å². The zero-order valence-electron chi connectivity index (χ0n) is 11.7. The topological polar surface area (TPSA) is 86.4 Å². The van der Waals surface area contributed by atoms with Crippen LogP contribution < -0.4 is 0 Å². The molecule has 3 rings (SSSR count). The maximum Gasteiger partial charge on any atom is 0.275 e. The zero-order chi connectivity index (χ0) is 15.2. The van der Waals surface area contributed by atoms with Gasteiger partial charge < -0.3 is 4.90 Å². The Labute approximate surface area is 131 Å². The summed E-state index contributed by atoms with van der Waals surface area (Å²) in [6.45, 7) is 1.46. The molecule has 1 amide bonds. The van der Waals surface area contributed by atoms with Crippen LogP contribution in [0.4, 0.5) is 0 Å². The van der Waals surface area contributed by atoms with Crippen LogP contribution >= 0.6 is 15.9 Å². The van der Waals surface area contributed by atoms with Crippen LogP contribution in [0, 0.1) is 0 Å². The summed E-state index contributed by atoms with van der Waals surface area (Å²) in [6.07, 6.45) is 3.44. The molecule has 1 aliphatic heterocycles. The van der Waals surface area contributed by atoms with E-state index < -0.39 is 10.0 Å². The van der Waals surface area contributed by atoms with E-state index in [0.29, 0.717) is 37.8 Å². The molecule has 7 nitrogen and oxygen atoms in total. The third kappa shape index (κ3) is 3.00. The van der Waals surface area contributed by atoms with E-state index in [2.05, 4.69) is 26.1 Å². The quantitative estimate of drug-likeness (QED) is 0.843. The molecule has 2 fully saturated rings. The van der Waals surface area contributed by atoms with Crippen LogP contribution in [0.3, 0.4) is 0 Å². The predicted molar refractivity (Wildman–Crippen MR) is 80.6 cm³/mol. The summed E-state index contributed by atoms with van der Waals surface area (Å²) in [5.41, 5.74) is 1.39. The molecule has 2 heterocycles. The van der Waals surface area contributed by atoms with Crippen molar-refractivity contribution in [3.63, 3.8) is 0 Å². The average molecular weight is 377 g/mol. The fourth-order valence-corrected chi connectivity index (χ4v) is 4.00. The summed E-state index contributed by atoms with van der Waals surface area (Å²) in [5, 5.41) is 7.06. The molecule has 0 spiro atoms. The second-order valence-corrected chi connectivity index (χ2v) is 8.30.